The SMILES string of the molecule is NC(=S)c1ccc(CC(=O)NCCc2cccs2)cc1. The molecule has 1 aromatic heterocycles. The maximum atomic E-state index is 11.8. The molecule has 0 atom stereocenters. The number of carbonyl (C=O) groups excluding carboxylic acids is 1. The van der Waals surface area contributed by atoms with Gasteiger partial charge in [0, 0.05) is 17.0 Å². The molecule has 0 aliphatic rings. The molecule has 1 amide bonds. The molecule has 0 spiro atoms. The molecule has 0 unspecified atom stereocenters. The Morgan fingerprint density at radius 3 is 2.60 bits per heavy atom. The van der Waals surface area contributed by atoms with Crippen molar-refractivity contribution in [3.8, 4) is 0 Å². The smallest absolute Gasteiger partial charge is 0.224 e. The van der Waals surface area contributed by atoms with Crippen LogP contribution in [-0.4, -0.2) is 17.4 Å². The lowest BCUT2D eigenvalue weighted by Crippen LogP contribution is -2.27. The zero-order chi connectivity index (χ0) is 14.4. The summed E-state index contributed by atoms with van der Waals surface area (Å²) >= 11 is 6.60. The first-order valence-electron chi connectivity index (χ1n) is 6.33. The predicted octanol–water partition coefficient (Wildman–Crippen LogP) is 2.28. The molecule has 0 saturated carbocycles. The molecule has 2 aromatic rings. The van der Waals surface area contributed by atoms with Gasteiger partial charge in [-0.05, 0) is 23.4 Å². The number of hydrogen-bond donors (Lipinski definition) is 2. The van der Waals surface area contributed by atoms with Gasteiger partial charge < -0.3 is 11.1 Å². The Morgan fingerprint density at radius 2 is 2.00 bits per heavy atom. The monoisotopic (exact) mass is 304 g/mol. The van der Waals surface area contributed by atoms with Gasteiger partial charge in [-0.15, -0.1) is 11.3 Å². The molecular weight excluding hydrogens is 288 g/mol. The number of amides is 1. The fourth-order valence-electron chi connectivity index (χ4n) is 1.81. The van der Waals surface area contributed by atoms with E-state index >= 15 is 0 Å². The van der Waals surface area contributed by atoms with Crippen molar-refractivity contribution in [1.29, 1.82) is 0 Å². The van der Waals surface area contributed by atoms with Crippen molar-refractivity contribution in [2.75, 3.05) is 6.54 Å². The zero-order valence-electron chi connectivity index (χ0n) is 11.0. The van der Waals surface area contributed by atoms with E-state index in [0.29, 0.717) is 18.0 Å². The summed E-state index contributed by atoms with van der Waals surface area (Å²) < 4.78 is 0. The predicted molar refractivity (Wildman–Crippen MR) is 87.1 cm³/mol. The summed E-state index contributed by atoms with van der Waals surface area (Å²) in [5.41, 5.74) is 7.31. The van der Waals surface area contributed by atoms with Gasteiger partial charge in [0.1, 0.15) is 4.99 Å². The summed E-state index contributed by atoms with van der Waals surface area (Å²) in [6.45, 7) is 0.671. The lowest BCUT2D eigenvalue weighted by molar-refractivity contribution is -0.120. The molecule has 0 aliphatic carbocycles. The van der Waals surface area contributed by atoms with Gasteiger partial charge in [0.25, 0.3) is 0 Å². The van der Waals surface area contributed by atoms with Gasteiger partial charge >= 0.3 is 0 Å². The molecule has 0 fully saturated rings. The second-order valence-corrected chi connectivity index (χ2v) is 5.89. The maximum absolute atomic E-state index is 11.8. The first-order chi connectivity index (χ1) is 9.65. The average molecular weight is 304 g/mol. The van der Waals surface area contributed by atoms with E-state index in [-0.39, 0.29) is 5.91 Å². The second kappa shape index (κ2) is 7.17. The molecule has 0 saturated heterocycles. The number of thiocarbonyl (C=S) groups is 1. The Balaban J connectivity index is 1.77. The molecule has 104 valence electrons. The minimum Gasteiger partial charge on any atom is -0.389 e. The van der Waals surface area contributed by atoms with Crippen molar-refractivity contribution in [3.05, 3.63) is 57.8 Å². The number of rotatable bonds is 6. The maximum Gasteiger partial charge on any atom is 0.224 e. The Kier molecular flexibility index (Phi) is 5.26. The molecule has 0 bridgehead atoms. The first-order valence-corrected chi connectivity index (χ1v) is 7.62. The average Bonchev–Trinajstić information content (AvgIpc) is 2.92. The van der Waals surface area contributed by atoms with Gasteiger partial charge in [0.15, 0.2) is 0 Å². The summed E-state index contributed by atoms with van der Waals surface area (Å²) in [7, 11) is 0. The van der Waals surface area contributed by atoms with Crippen molar-refractivity contribution in [3.63, 3.8) is 0 Å². The number of nitrogens with two attached hydrogens (primary N) is 1. The van der Waals surface area contributed by atoms with Gasteiger partial charge in [-0.2, -0.15) is 0 Å². The van der Waals surface area contributed by atoms with E-state index in [2.05, 4.69) is 11.4 Å². The van der Waals surface area contributed by atoms with Crippen molar-refractivity contribution >= 4 is 34.5 Å². The second-order valence-electron chi connectivity index (χ2n) is 4.42. The van der Waals surface area contributed by atoms with Crippen LogP contribution in [0, 0.1) is 0 Å². The number of carbonyl (C=O) groups is 1. The summed E-state index contributed by atoms with van der Waals surface area (Å²) in [4.78, 5) is 13.5. The van der Waals surface area contributed by atoms with E-state index in [1.54, 1.807) is 11.3 Å². The largest absolute Gasteiger partial charge is 0.389 e. The van der Waals surface area contributed by atoms with Crippen LogP contribution in [0.2, 0.25) is 0 Å². The van der Waals surface area contributed by atoms with Gasteiger partial charge in [0.05, 0.1) is 6.42 Å². The third-order valence-corrected chi connectivity index (χ3v) is 4.05. The highest BCUT2D eigenvalue weighted by molar-refractivity contribution is 7.80. The number of hydrogen-bond acceptors (Lipinski definition) is 3. The van der Waals surface area contributed by atoms with Crippen LogP contribution in [0.25, 0.3) is 0 Å². The highest BCUT2D eigenvalue weighted by atomic mass is 32.1. The molecule has 3 nitrogen and oxygen atoms in total. The Hall–Kier alpha value is -1.72. The summed E-state index contributed by atoms with van der Waals surface area (Å²) in [6, 6.07) is 11.5. The molecule has 20 heavy (non-hydrogen) atoms. The third kappa shape index (κ3) is 4.43. The van der Waals surface area contributed by atoms with Crippen LogP contribution in [0.5, 0.6) is 0 Å². The quantitative estimate of drug-likeness (QED) is 0.805. The van der Waals surface area contributed by atoms with Gasteiger partial charge in [0.2, 0.25) is 5.91 Å². The Labute approximate surface area is 127 Å². The Morgan fingerprint density at radius 1 is 1.25 bits per heavy atom. The molecule has 2 rings (SSSR count). The number of nitrogens with one attached hydrogen (secondary N) is 1. The van der Waals surface area contributed by atoms with Crippen molar-refractivity contribution < 1.29 is 4.79 Å². The first kappa shape index (κ1) is 14.7. The van der Waals surface area contributed by atoms with E-state index in [1.165, 1.54) is 4.88 Å². The Bertz CT molecular complexity index is 576. The zero-order valence-corrected chi connectivity index (χ0v) is 12.6. The number of benzene rings is 1. The topological polar surface area (TPSA) is 55.1 Å². The lowest BCUT2D eigenvalue weighted by atomic mass is 10.1. The van der Waals surface area contributed by atoms with E-state index in [4.69, 9.17) is 18.0 Å². The highest BCUT2D eigenvalue weighted by Crippen LogP contribution is 2.08. The van der Waals surface area contributed by atoms with Crippen LogP contribution in [0.4, 0.5) is 0 Å². The minimum absolute atomic E-state index is 0.0321. The third-order valence-electron chi connectivity index (χ3n) is 2.88. The van der Waals surface area contributed by atoms with E-state index in [0.717, 1.165) is 17.5 Å². The standard InChI is InChI=1S/C15H16N2OS2/c16-15(19)12-5-3-11(4-6-12)10-14(18)17-8-7-13-2-1-9-20-13/h1-6,9H,7-8,10H2,(H2,16,19)(H,17,18). The van der Waals surface area contributed by atoms with E-state index in [1.807, 2.05) is 35.7 Å². The van der Waals surface area contributed by atoms with Crippen LogP contribution in [0.3, 0.4) is 0 Å². The summed E-state index contributed by atoms with van der Waals surface area (Å²) in [5.74, 6) is 0.0321. The fourth-order valence-corrected chi connectivity index (χ4v) is 2.66. The highest BCUT2D eigenvalue weighted by Gasteiger charge is 2.04. The summed E-state index contributed by atoms with van der Waals surface area (Å²) in [5, 5.41) is 4.97. The number of thiophene rings is 1. The summed E-state index contributed by atoms with van der Waals surface area (Å²) in [6.07, 6.45) is 1.26. The van der Waals surface area contributed by atoms with Gasteiger partial charge in [-0.1, -0.05) is 42.5 Å². The van der Waals surface area contributed by atoms with Crippen molar-refractivity contribution in [2.24, 2.45) is 5.73 Å². The molecule has 3 N–H and O–H groups in total. The molecule has 0 radical (unpaired) electrons. The van der Waals surface area contributed by atoms with E-state index < -0.39 is 0 Å². The fraction of sp³-hybridized carbons (Fsp3) is 0.200. The molecule has 5 heteroatoms. The van der Waals surface area contributed by atoms with Crippen LogP contribution in [0.1, 0.15) is 16.0 Å². The lowest BCUT2D eigenvalue weighted by Gasteiger charge is -2.05. The minimum atomic E-state index is 0.0321. The van der Waals surface area contributed by atoms with Gasteiger partial charge in [-0.25, -0.2) is 0 Å². The van der Waals surface area contributed by atoms with Crippen molar-refractivity contribution in [2.45, 2.75) is 12.8 Å². The van der Waals surface area contributed by atoms with Gasteiger partial charge in [-0.3, -0.25) is 4.79 Å². The van der Waals surface area contributed by atoms with E-state index in [9.17, 15) is 4.79 Å². The van der Waals surface area contributed by atoms with Crippen LogP contribution < -0.4 is 11.1 Å². The van der Waals surface area contributed by atoms with Crippen LogP contribution >= 0.6 is 23.6 Å². The molecule has 1 aromatic carbocycles. The van der Waals surface area contributed by atoms with Crippen LogP contribution in [-0.2, 0) is 17.6 Å². The molecular formula is C15H16N2OS2. The normalized spacial score (nSPS) is 10.2. The van der Waals surface area contributed by atoms with Crippen LogP contribution in [0.15, 0.2) is 41.8 Å². The molecule has 1 heterocycles. The molecule has 0 aliphatic heterocycles. The van der Waals surface area contributed by atoms with Crippen molar-refractivity contribution in [1.82, 2.24) is 5.32 Å².